The first-order chi connectivity index (χ1) is 8.27. The van der Waals surface area contributed by atoms with E-state index in [1.165, 1.54) is 0 Å². The molecule has 0 unspecified atom stereocenters. The molecule has 1 rings (SSSR count). The molecule has 0 spiro atoms. The maximum atomic E-state index is 5.64. The number of hydrogen-bond donors (Lipinski definition) is 1. The van der Waals surface area contributed by atoms with Gasteiger partial charge in [0.1, 0.15) is 11.5 Å². The summed E-state index contributed by atoms with van der Waals surface area (Å²) in [6, 6.07) is 2.06. The van der Waals surface area contributed by atoms with Crippen molar-refractivity contribution in [2.45, 2.75) is 33.4 Å². The molecule has 0 radical (unpaired) electrons. The Balaban J connectivity index is 2.33. The van der Waals surface area contributed by atoms with Gasteiger partial charge in [0.15, 0.2) is 0 Å². The van der Waals surface area contributed by atoms with E-state index in [1.807, 2.05) is 6.92 Å². The number of hydrogen-bond acceptors (Lipinski definition) is 4. The second-order valence-corrected chi connectivity index (χ2v) is 4.02. The highest BCUT2D eigenvalue weighted by atomic mass is 16.5. The number of rotatable bonds is 9. The lowest BCUT2D eigenvalue weighted by Gasteiger charge is -2.01. The molecule has 0 aliphatic heterocycles. The second kappa shape index (κ2) is 8.28. The van der Waals surface area contributed by atoms with Gasteiger partial charge < -0.3 is 19.2 Å². The van der Waals surface area contributed by atoms with Crippen molar-refractivity contribution in [3.63, 3.8) is 0 Å². The van der Waals surface area contributed by atoms with Crippen LogP contribution in [-0.4, -0.2) is 26.9 Å². The van der Waals surface area contributed by atoms with Gasteiger partial charge in [0.25, 0.3) is 0 Å². The van der Waals surface area contributed by atoms with Crippen molar-refractivity contribution < 1.29 is 13.9 Å². The fourth-order valence-electron chi connectivity index (χ4n) is 1.53. The third-order valence-corrected chi connectivity index (χ3v) is 2.49. The van der Waals surface area contributed by atoms with Crippen LogP contribution in [0, 0.1) is 6.92 Å². The normalized spacial score (nSPS) is 11.0. The monoisotopic (exact) mass is 241 g/mol. The summed E-state index contributed by atoms with van der Waals surface area (Å²) in [7, 11) is 1.67. The van der Waals surface area contributed by atoms with Crippen LogP contribution in [0.4, 0.5) is 0 Å². The van der Waals surface area contributed by atoms with E-state index >= 15 is 0 Å². The van der Waals surface area contributed by atoms with Crippen LogP contribution in [0.1, 0.15) is 30.4 Å². The summed E-state index contributed by atoms with van der Waals surface area (Å²) in [6.45, 7) is 7.75. The lowest BCUT2D eigenvalue weighted by Crippen LogP contribution is -2.13. The first-order valence-corrected chi connectivity index (χ1v) is 6.13. The van der Waals surface area contributed by atoms with Crippen LogP contribution in [0.3, 0.4) is 0 Å². The van der Waals surface area contributed by atoms with Crippen LogP contribution in [0.25, 0.3) is 0 Å². The van der Waals surface area contributed by atoms with Crippen molar-refractivity contribution in [2.24, 2.45) is 0 Å². The van der Waals surface area contributed by atoms with Gasteiger partial charge in [-0.1, -0.05) is 6.92 Å². The van der Waals surface area contributed by atoms with Gasteiger partial charge in [-0.15, -0.1) is 0 Å². The molecule has 0 saturated carbocycles. The third-order valence-electron chi connectivity index (χ3n) is 2.49. The molecule has 0 bridgehead atoms. The maximum absolute atomic E-state index is 5.64. The standard InChI is InChI=1S/C13H23NO3/c1-4-5-14-9-13-8-12(11(2)17-13)10-16-7-6-15-3/h8,14H,4-7,9-10H2,1-3H3. The van der Waals surface area contributed by atoms with Crippen molar-refractivity contribution in [1.29, 1.82) is 0 Å². The Kier molecular flexibility index (Phi) is 6.93. The fraction of sp³-hybridized carbons (Fsp3) is 0.692. The van der Waals surface area contributed by atoms with Crippen LogP contribution < -0.4 is 5.32 Å². The number of nitrogens with one attached hydrogen (secondary N) is 1. The minimum absolute atomic E-state index is 0.590. The van der Waals surface area contributed by atoms with Gasteiger partial charge in [-0.05, 0) is 26.0 Å². The predicted octanol–water partition coefficient (Wildman–Crippen LogP) is 2.25. The lowest BCUT2D eigenvalue weighted by molar-refractivity contribution is 0.0611. The molecule has 4 heteroatoms. The van der Waals surface area contributed by atoms with Crippen LogP contribution >= 0.6 is 0 Å². The average molecular weight is 241 g/mol. The zero-order chi connectivity index (χ0) is 12.5. The Morgan fingerprint density at radius 3 is 2.88 bits per heavy atom. The highest BCUT2D eigenvalue weighted by molar-refractivity contribution is 5.19. The Morgan fingerprint density at radius 1 is 1.35 bits per heavy atom. The summed E-state index contributed by atoms with van der Waals surface area (Å²) >= 11 is 0. The van der Waals surface area contributed by atoms with Gasteiger partial charge in [0.05, 0.1) is 26.4 Å². The summed E-state index contributed by atoms with van der Waals surface area (Å²) in [5.41, 5.74) is 1.12. The van der Waals surface area contributed by atoms with Crippen LogP contribution in [0.5, 0.6) is 0 Å². The number of ether oxygens (including phenoxy) is 2. The van der Waals surface area contributed by atoms with Gasteiger partial charge in [0.2, 0.25) is 0 Å². The van der Waals surface area contributed by atoms with Gasteiger partial charge in [-0.3, -0.25) is 0 Å². The SMILES string of the molecule is CCCNCc1cc(COCCOC)c(C)o1. The zero-order valence-corrected chi connectivity index (χ0v) is 11.0. The molecule has 1 N–H and O–H groups in total. The van der Waals surface area contributed by atoms with E-state index in [0.29, 0.717) is 19.8 Å². The predicted molar refractivity (Wildman–Crippen MR) is 67.0 cm³/mol. The molecular formula is C13H23NO3. The third kappa shape index (κ3) is 5.35. The zero-order valence-electron chi connectivity index (χ0n) is 11.0. The van der Waals surface area contributed by atoms with E-state index in [2.05, 4.69) is 18.3 Å². The molecule has 0 fully saturated rings. The molecule has 0 atom stereocenters. The molecule has 0 aliphatic rings. The highest BCUT2D eigenvalue weighted by Crippen LogP contribution is 2.15. The molecule has 0 saturated heterocycles. The quantitative estimate of drug-likeness (QED) is 0.673. The van der Waals surface area contributed by atoms with Crippen molar-refractivity contribution in [3.8, 4) is 0 Å². The summed E-state index contributed by atoms with van der Waals surface area (Å²) in [5, 5.41) is 3.31. The van der Waals surface area contributed by atoms with Gasteiger partial charge in [0, 0.05) is 12.7 Å². The highest BCUT2D eigenvalue weighted by Gasteiger charge is 2.06. The van der Waals surface area contributed by atoms with Crippen molar-refractivity contribution in [3.05, 3.63) is 23.2 Å². The van der Waals surface area contributed by atoms with E-state index in [4.69, 9.17) is 13.9 Å². The van der Waals surface area contributed by atoms with Crippen molar-refractivity contribution in [1.82, 2.24) is 5.32 Å². The molecule has 1 aromatic rings. The maximum Gasteiger partial charge on any atom is 0.118 e. The molecule has 17 heavy (non-hydrogen) atoms. The van der Waals surface area contributed by atoms with E-state index in [9.17, 15) is 0 Å². The molecular weight excluding hydrogens is 218 g/mol. The summed E-state index contributed by atoms with van der Waals surface area (Å²) in [4.78, 5) is 0. The molecule has 0 amide bonds. The minimum Gasteiger partial charge on any atom is -0.465 e. The molecule has 4 nitrogen and oxygen atoms in total. The Morgan fingerprint density at radius 2 is 2.18 bits per heavy atom. The first kappa shape index (κ1) is 14.2. The van der Waals surface area contributed by atoms with Crippen LogP contribution in [0.2, 0.25) is 0 Å². The number of methoxy groups -OCH3 is 1. The topological polar surface area (TPSA) is 43.6 Å². The van der Waals surface area contributed by atoms with E-state index in [-0.39, 0.29) is 0 Å². The largest absolute Gasteiger partial charge is 0.465 e. The Labute approximate surface area is 103 Å². The minimum atomic E-state index is 0.590. The average Bonchev–Trinajstić information content (AvgIpc) is 2.66. The summed E-state index contributed by atoms with van der Waals surface area (Å²) in [6.07, 6.45) is 1.13. The van der Waals surface area contributed by atoms with E-state index in [1.54, 1.807) is 7.11 Å². The molecule has 0 aromatic carbocycles. The van der Waals surface area contributed by atoms with Gasteiger partial charge in [-0.2, -0.15) is 0 Å². The van der Waals surface area contributed by atoms with Gasteiger partial charge >= 0.3 is 0 Å². The van der Waals surface area contributed by atoms with Crippen molar-refractivity contribution in [2.75, 3.05) is 26.9 Å². The molecule has 98 valence electrons. The van der Waals surface area contributed by atoms with Crippen molar-refractivity contribution >= 4 is 0 Å². The lowest BCUT2D eigenvalue weighted by atomic mass is 10.2. The summed E-state index contributed by atoms with van der Waals surface area (Å²) in [5.74, 6) is 1.91. The Hall–Kier alpha value is -0.840. The van der Waals surface area contributed by atoms with E-state index in [0.717, 1.165) is 36.6 Å². The molecule has 0 aliphatic carbocycles. The molecule has 1 heterocycles. The second-order valence-electron chi connectivity index (χ2n) is 4.02. The first-order valence-electron chi connectivity index (χ1n) is 6.13. The Bertz CT molecular complexity index is 310. The van der Waals surface area contributed by atoms with E-state index < -0.39 is 0 Å². The van der Waals surface area contributed by atoms with Gasteiger partial charge in [-0.25, -0.2) is 0 Å². The molecule has 1 aromatic heterocycles. The summed E-state index contributed by atoms with van der Waals surface area (Å²) < 4.78 is 16.0. The van der Waals surface area contributed by atoms with Crippen LogP contribution in [0.15, 0.2) is 10.5 Å². The number of aryl methyl sites for hydroxylation is 1. The number of furan rings is 1. The fourth-order valence-corrected chi connectivity index (χ4v) is 1.53. The van der Waals surface area contributed by atoms with Crippen LogP contribution in [-0.2, 0) is 22.6 Å². The smallest absolute Gasteiger partial charge is 0.118 e.